The average Bonchev–Trinajstić information content (AvgIpc) is 3.57. The van der Waals surface area contributed by atoms with Crippen molar-refractivity contribution < 1.29 is 14.2 Å². The van der Waals surface area contributed by atoms with Crippen LogP contribution in [0, 0.1) is 0 Å². The fourth-order valence-corrected chi connectivity index (χ4v) is 5.40. The van der Waals surface area contributed by atoms with E-state index in [1.54, 1.807) is 23.1 Å². The lowest BCUT2D eigenvalue weighted by Crippen LogP contribution is -2.10. The number of thiazole rings is 1. The molecule has 176 valence electrons. The van der Waals surface area contributed by atoms with Gasteiger partial charge in [0.15, 0.2) is 28.6 Å². The maximum Gasteiger partial charge on any atom is 0.231 e. The van der Waals surface area contributed by atoms with E-state index in [0.29, 0.717) is 11.7 Å². The average molecular weight is 495 g/mol. The molecule has 0 spiro atoms. The van der Waals surface area contributed by atoms with E-state index in [9.17, 15) is 0 Å². The fourth-order valence-electron chi connectivity index (χ4n) is 3.67. The summed E-state index contributed by atoms with van der Waals surface area (Å²) in [5.41, 5.74) is 3.32. The third-order valence-electron chi connectivity index (χ3n) is 5.61. The lowest BCUT2D eigenvalue weighted by molar-refractivity contribution is 0.174. The first-order valence-electron chi connectivity index (χ1n) is 11.1. The molecule has 7 nitrogen and oxygen atoms in total. The first-order chi connectivity index (χ1) is 16.5. The van der Waals surface area contributed by atoms with Crippen LogP contribution in [0.1, 0.15) is 49.9 Å². The molecule has 0 fully saturated rings. The van der Waals surface area contributed by atoms with Crippen LogP contribution < -0.4 is 14.2 Å². The highest BCUT2D eigenvalue weighted by Crippen LogP contribution is 2.37. The topological polar surface area (TPSA) is 71.3 Å². The van der Waals surface area contributed by atoms with Gasteiger partial charge in [-0.25, -0.2) is 4.98 Å². The van der Waals surface area contributed by atoms with E-state index in [1.165, 1.54) is 5.56 Å². The van der Waals surface area contributed by atoms with Crippen LogP contribution in [0.15, 0.2) is 53.0 Å². The molecule has 0 amide bonds. The Labute approximate surface area is 207 Å². The molecule has 34 heavy (non-hydrogen) atoms. The number of fused-ring (bicyclic) bond motifs is 1. The number of benzene rings is 2. The second-order valence-electron chi connectivity index (χ2n) is 8.38. The fraction of sp³-hybridized carbons (Fsp3) is 0.320. The lowest BCUT2D eigenvalue weighted by atomic mass is 10.0. The summed E-state index contributed by atoms with van der Waals surface area (Å²) in [5.74, 6) is 4.36. The van der Waals surface area contributed by atoms with Crippen molar-refractivity contribution in [3.8, 4) is 27.8 Å². The zero-order chi connectivity index (χ0) is 23.7. The number of hydrogen-bond donors (Lipinski definition) is 0. The van der Waals surface area contributed by atoms with Gasteiger partial charge in [0.1, 0.15) is 10.8 Å². The van der Waals surface area contributed by atoms with Gasteiger partial charge in [-0.15, -0.1) is 21.5 Å². The largest absolute Gasteiger partial charge is 0.483 e. The van der Waals surface area contributed by atoms with Gasteiger partial charge in [-0.3, -0.25) is 0 Å². The van der Waals surface area contributed by atoms with E-state index in [0.717, 1.165) is 44.5 Å². The molecule has 3 heterocycles. The Balaban J connectivity index is 1.21. The predicted molar refractivity (Wildman–Crippen MR) is 134 cm³/mol. The van der Waals surface area contributed by atoms with Crippen molar-refractivity contribution in [1.82, 2.24) is 19.7 Å². The van der Waals surface area contributed by atoms with Gasteiger partial charge in [0.05, 0.1) is 5.69 Å². The maximum absolute atomic E-state index is 6.11. The quantitative estimate of drug-likeness (QED) is 0.269. The number of nitrogens with zero attached hydrogens (tertiary/aromatic N) is 4. The van der Waals surface area contributed by atoms with Crippen molar-refractivity contribution in [3.05, 3.63) is 64.9 Å². The van der Waals surface area contributed by atoms with E-state index < -0.39 is 0 Å². The van der Waals surface area contributed by atoms with E-state index >= 15 is 0 Å². The number of hydrogen-bond acceptors (Lipinski definition) is 8. The molecule has 0 bridgehead atoms. The highest BCUT2D eigenvalue weighted by Gasteiger charge is 2.19. The minimum atomic E-state index is -0.214. The Bertz CT molecular complexity index is 1280. The SMILES string of the molecule is CC(C)c1ccc(OC(C)c2nnc(SCc3csc(-c4ccc5c(c4)OCO5)n3)n2C)cc1. The minimum absolute atomic E-state index is 0.214. The summed E-state index contributed by atoms with van der Waals surface area (Å²) in [6.07, 6.45) is -0.214. The third kappa shape index (κ3) is 4.76. The van der Waals surface area contributed by atoms with Gasteiger partial charge >= 0.3 is 0 Å². The Morgan fingerprint density at radius 1 is 1.06 bits per heavy atom. The minimum Gasteiger partial charge on any atom is -0.483 e. The van der Waals surface area contributed by atoms with Crippen LogP contribution in [0.4, 0.5) is 0 Å². The number of aromatic nitrogens is 4. The summed E-state index contributed by atoms with van der Waals surface area (Å²) in [7, 11) is 1.97. The molecule has 5 rings (SSSR count). The molecule has 2 aromatic heterocycles. The second-order valence-corrected chi connectivity index (χ2v) is 10.2. The third-order valence-corrected chi connectivity index (χ3v) is 7.61. The molecular weight excluding hydrogens is 468 g/mol. The molecule has 1 unspecified atom stereocenters. The number of thioether (sulfide) groups is 1. The van der Waals surface area contributed by atoms with Crippen LogP contribution in [-0.4, -0.2) is 26.5 Å². The van der Waals surface area contributed by atoms with Gasteiger partial charge in [-0.05, 0) is 48.7 Å². The van der Waals surface area contributed by atoms with Gasteiger partial charge in [-0.2, -0.15) is 0 Å². The van der Waals surface area contributed by atoms with Crippen molar-refractivity contribution in [2.24, 2.45) is 7.05 Å². The predicted octanol–water partition coefficient (Wildman–Crippen LogP) is 6.22. The van der Waals surface area contributed by atoms with Gasteiger partial charge in [-0.1, -0.05) is 37.7 Å². The van der Waals surface area contributed by atoms with Crippen LogP contribution in [-0.2, 0) is 12.8 Å². The highest BCUT2D eigenvalue weighted by atomic mass is 32.2. The van der Waals surface area contributed by atoms with Crippen molar-refractivity contribution in [2.45, 2.75) is 43.7 Å². The monoisotopic (exact) mass is 494 g/mol. The van der Waals surface area contributed by atoms with Gasteiger partial charge in [0.25, 0.3) is 0 Å². The number of rotatable bonds is 8. The first-order valence-corrected chi connectivity index (χ1v) is 13.0. The van der Waals surface area contributed by atoms with Crippen LogP contribution in [0.25, 0.3) is 10.6 Å². The zero-order valence-electron chi connectivity index (χ0n) is 19.5. The molecule has 1 aliphatic heterocycles. The van der Waals surface area contributed by atoms with Crippen molar-refractivity contribution in [3.63, 3.8) is 0 Å². The van der Waals surface area contributed by atoms with Crippen LogP contribution in [0.2, 0.25) is 0 Å². The zero-order valence-corrected chi connectivity index (χ0v) is 21.2. The van der Waals surface area contributed by atoms with E-state index in [-0.39, 0.29) is 12.9 Å². The van der Waals surface area contributed by atoms with Gasteiger partial charge in [0.2, 0.25) is 6.79 Å². The van der Waals surface area contributed by atoms with Crippen molar-refractivity contribution >= 4 is 23.1 Å². The molecule has 0 aliphatic carbocycles. The van der Waals surface area contributed by atoms with Gasteiger partial charge < -0.3 is 18.8 Å². The van der Waals surface area contributed by atoms with E-state index in [2.05, 4.69) is 41.6 Å². The molecule has 1 aliphatic rings. The summed E-state index contributed by atoms with van der Waals surface area (Å²) in [4.78, 5) is 4.79. The lowest BCUT2D eigenvalue weighted by Gasteiger charge is -2.15. The summed E-state index contributed by atoms with van der Waals surface area (Å²) in [6.45, 7) is 6.63. The standard InChI is InChI=1S/C25H26N4O3S2/c1-15(2)17-5-8-20(9-6-17)32-16(3)23-27-28-25(29(23)4)34-13-19-12-33-24(26-19)18-7-10-21-22(11-18)31-14-30-21/h5-12,15-16H,13-14H2,1-4H3. The molecule has 0 N–H and O–H groups in total. The Morgan fingerprint density at radius 3 is 2.65 bits per heavy atom. The smallest absolute Gasteiger partial charge is 0.231 e. The summed E-state index contributed by atoms with van der Waals surface area (Å²) in [5, 5.41) is 12.6. The summed E-state index contributed by atoms with van der Waals surface area (Å²) in [6, 6.07) is 14.2. The highest BCUT2D eigenvalue weighted by molar-refractivity contribution is 7.98. The van der Waals surface area contributed by atoms with Crippen molar-refractivity contribution in [1.29, 1.82) is 0 Å². The Kier molecular flexibility index (Phi) is 6.47. The van der Waals surface area contributed by atoms with Gasteiger partial charge in [0, 0.05) is 23.7 Å². The van der Waals surface area contributed by atoms with E-state index in [1.807, 2.05) is 48.9 Å². The van der Waals surface area contributed by atoms with Crippen LogP contribution in [0.3, 0.4) is 0 Å². The molecule has 0 radical (unpaired) electrons. The Hall–Kier alpha value is -3.04. The number of ether oxygens (including phenoxy) is 3. The molecular formula is C25H26N4O3S2. The normalized spacial score (nSPS) is 13.4. The second kappa shape index (κ2) is 9.68. The van der Waals surface area contributed by atoms with Crippen molar-refractivity contribution in [2.75, 3.05) is 6.79 Å². The molecule has 2 aromatic carbocycles. The van der Waals surface area contributed by atoms with Crippen LogP contribution >= 0.6 is 23.1 Å². The molecule has 0 saturated heterocycles. The maximum atomic E-state index is 6.11. The van der Waals surface area contributed by atoms with E-state index in [4.69, 9.17) is 19.2 Å². The summed E-state index contributed by atoms with van der Waals surface area (Å²) >= 11 is 3.23. The molecule has 1 atom stereocenters. The molecule has 0 saturated carbocycles. The molecule has 4 aromatic rings. The summed E-state index contributed by atoms with van der Waals surface area (Å²) < 4.78 is 19.0. The van der Waals surface area contributed by atoms with Crippen LogP contribution in [0.5, 0.6) is 17.2 Å². The Morgan fingerprint density at radius 2 is 1.85 bits per heavy atom. The molecule has 9 heteroatoms. The first kappa shape index (κ1) is 22.7.